The summed E-state index contributed by atoms with van der Waals surface area (Å²) in [7, 11) is 1.83. The molecule has 1 N–H and O–H groups in total. The van der Waals surface area contributed by atoms with Gasteiger partial charge in [-0.3, -0.25) is 4.79 Å². The van der Waals surface area contributed by atoms with E-state index in [1.807, 2.05) is 7.11 Å². The quantitative estimate of drug-likeness (QED) is 0.677. The van der Waals surface area contributed by atoms with E-state index in [0.717, 1.165) is 70.2 Å². The Balaban J connectivity index is 1.28. The molecule has 1 heterocycles. The summed E-state index contributed by atoms with van der Waals surface area (Å²) in [6.45, 7) is 3.62. The minimum atomic E-state index is -0.590. The summed E-state index contributed by atoms with van der Waals surface area (Å²) in [4.78, 5) is 14.1. The zero-order valence-electron chi connectivity index (χ0n) is 17.2. The second-order valence-electron chi connectivity index (χ2n) is 9.70. The van der Waals surface area contributed by atoms with Crippen LogP contribution in [0, 0.1) is 16.7 Å². The minimum absolute atomic E-state index is 0.283. The van der Waals surface area contributed by atoms with E-state index in [9.17, 15) is 9.90 Å². The van der Waals surface area contributed by atoms with E-state index in [2.05, 4.69) is 35.2 Å². The summed E-state index contributed by atoms with van der Waals surface area (Å²) in [5.74, 6) is 1.00. The molecule has 1 aliphatic heterocycles. The van der Waals surface area contributed by atoms with Crippen LogP contribution in [0.5, 0.6) is 0 Å². The summed E-state index contributed by atoms with van der Waals surface area (Å²) in [5.41, 5.74) is 1.33. The zero-order valence-corrected chi connectivity index (χ0v) is 17.2. The fourth-order valence-corrected chi connectivity index (χ4v) is 5.60. The fourth-order valence-electron chi connectivity index (χ4n) is 5.60. The van der Waals surface area contributed by atoms with Crippen molar-refractivity contribution >= 4 is 5.97 Å². The highest BCUT2D eigenvalue weighted by Gasteiger charge is 2.47. The number of methoxy groups -OCH3 is 1. The lowest BCUT2D eigenvalue weighted by Gasteiger charge is -2.46. The summed E-state index contributed by atoms with van der Waals surface area (Å²) >= 11 is 0. The number of carboxylic acids is 1. The van der Waals surface area contributed by atoms with E-state index in [-0.39, 0.29) is 5.41 Å². The lowest BCUT2D eigenvalue weighted by Crippen LogP contribution is -2.51. The number of likely N-dealkylation sites (tertiary alicyclic amines) is 1. The van der Waals surface area contributed by atoms with Crippen molar-refractivity contribution in [2.75, 3.05) is 33.4 Å². The van der Waals surface area contributed by atoms with Gasteiger partial charge in [-0.25, -0.2) is 0 Å². The lowest BCUT2D eigenvalue weighted by atomic mass is 9.67. The molecule has 2 aliphatic carbocycles. The highest BCUT2D eigenvalue weighted by atomic mass is 16.5. The van der Waals surface area contributed by atoms with E-state index in [1.165, 1.54) is 24.8 Å². The molecule has 0 radical (unpaired) electrons. The van der Waals surface area contributed by atoms with Crippen LogP contribution in [0.1, 0.15) is 62.8 Å². The van der Waals surface area contributed by atoms with Crippen LogP contribution in [0.3, 0.4) is 0 Å². The number of rotatable bonds is 9. The minimum Gasteiger partial charge on any atom is -0.481 e. The van der Waals surface area contributed by atoms with Crippen molar-refractivity contribution in [1.82, 2.24) is 4.90 Å². The summed E-state index contributed by atoms with van der Waals surface area (Å²) in [5, 5.41) is 9.63. The van der Waals surface area contributed by atoms with Gasteiger partial charge in [0, 0.05) is 13.7 Å². The number of nitrogens with zero attached hydrogens (tertiary/aromatic N) is 1. The summed E-state index contributed by atoms with van der Waals surface area (Å²) in [6, 6.07) is 10.9. The number of hydrogen-bond donors (Lipinski definition) is 1. The number of carbonyl (C=O) groups is 1. The van der Waals surface area contributed by atoms with Crippen LogP contribution in [0.15, 0.2) is 30.3 Å². The molecule has 2 atom stereocenters. The fraction of sp³-hybridized carbons (Fsp3) is 0.708. The second kappa shape index (κ2) is 8.16. The molecule has 2 saturated carbocycles. The largest absolute Gasteiger partial charge is 0.481 e. The van der Waals surface area contributed by atoms with Gasteiger partial charge in [-0.1, -0.05) is 36.8 Å². The molecule has 1 saturated heterocycles. The maximum absolute atomic E-state index is 11.7. The molecule has 3 aliphatic rings. The summed E-state index contributed by atoms with van der Waals surface area (Å²) < 4.78 is 5.64. The molecule has 0 spiro atoms. The monoisotopic (exact) mass is 385 g/mol. The molecule has 0 amide bonds. The van der Waals surface area contributed by atoms with Crippen LogP contribution in [0.4, 0.5) is 0 Å². The molecule has 1 aromatic rings. The van der Waals surface area contributed by atoms with Crippen molar-refractivity contribution in [2.24, 2.45) is 16.7 Å². The van der Waals surface area contributed by atoms with Gasteiger partial charge in [-0.15, -0.1) is 0 Å². The lowest BCUT2D eigenvalue weighted by molar-refractivity contribution is -0.157. The van der Waals surface area contributed by atoms with Gasteiger partial charge in [-0.05, 0) is 80.8 Å². The van der Waals surface area contributed by atoms with Gasteiger partial charge < -0.3 is 14.7 Å². The molecule has 3 fully saturated rings. The first-order valence-corrected chi connectivity index (χ1v) is 11.1. The highest BCUT2D eigenvalue weighted by molar-refractivity contribution is 5.76. The Morgan fingerprint density at radius 2 is 1.89 bits per heavy atom. The Hall–Kier alpha value is -1.39. The first kappa shape index (κ1) is 19.9. The number of ether oxygens (including phenoxy) is 1. The smallest absolute Gasteiger partial charge is 0.310 e. The van der Waals surface area contributed by atoms with Gasteiger partial charge in [0.05, 0.1) is 12.0 Å². The second-order valence-corrected chi connectivity index (χ2v) is 9.70. The number of benzene rings is 1. The Bertz CT molecular complexity index is 662. The average Bonchev–Trinajstić information content (AvgIpc) is 3.45. The topological polar surface area (TPSA) is 49.8 Å². The van der Waals surface area contributed by atoms with Gasteiger partial charge in [0.15, 0.2) is 0 Å². The molecular formula is C24H35NO3. The van der Waals surface area contributed by atoms with Crippen molar-refractivity contribution in [3.63, 3.8) is 0 Å². The maximum Gasteiger partial charge on any atom is 0.310 e. The van der Waals surface area contributed by atoms with Gasteiger partial charge in [0.25, 0.3) is 0 Å². The standard InChI is InChI=1S/C24H35NO3/c1-28-18-23(11-8-20-16-21(20)19-6-3-2-4-7-19)12-14-25(15-13-23)17-24(22(26)27)9-5-10-24/h2-4,6-7,20-21H,5,8-18H2,1H3,(H,26,27)/t20-,21?/m1/s1. The normalized spacial score (nSPS) is 28.5. The van der Waals surface area contributed by atoms with Crippen LogP contribution < -0.4 is 0 Å². The van der Waals surface area contributed by atoms with Gasteiger partial charge >= 0.3 is 5.97 Å². The van der Waals surface area contributed by atoms with Crippen molar-refractivity contribution in [3.8, 4) is 0 Å². The van der Waals surface area contributed by atoms with E-state index < -0.39 is 11.4 Å². The molecule has 28 heavy (non-hydrogen) atoms. The first-order valence-electron chi connectivity index (χ1n) is 11.1. The van der Waals surface area contributed by atoms with Crippen LogP contribution in [0.2, 0.25) is 0 Å². The third-order valence-electron chi connectivity index (χ3n) is 7.85. The summed E-state index contributed by atoms with van der Waals surface area (Å²) in [6.07, 6.45) is 8.92. The van der Waals surface area contributed by atoms with Crippen molar-refractivity contribution in [1.29, 1.82) is 0 Å². The Kier molecular flexibility index (Phi) is 5.80. The van der Waals surface area contributed by atoms with Crippen LogP contribution in [0.25, 0.3) is 0 Å². The highest BCUT2D eigenvalue weighted by Crippen LogP contribution is 2.52. The van der Waals surface area contributed by atoms with E-state index in [4.69, 9.17) is 4.74 Å². The molecule has 154 valence electrons. The third kappa shape index (κ3) is 4.13. The van der Waals surface area contributed by atoms with Crippen LogP contribution in [-0.4, -0.2) is 49.3 Å². The Morgan fingerprint density at radius 3 is 2.46 bits per heavy atom. The molecule has 1 aromatic carbocycles. The molecule has 4 heteroatoms. The Labute approximate surface area is 169 Å². The number of aliphatic carboxylic acids is 1. The SMILES string of the molecule is COCC1(CC[C@@H]2CC2c2ccccc2)CCN(CC2(C(=O)O)CCC2)CC1. The predicted molar refractivity (Wildman–Crippen MR) is 110 cm³/mol. The van der Waals surface area contributed by atoms with Crippen molar-refractivity contribution < 1.29 is 14.6 Å². The molecule has 0 bridgehead atoms. The van der Waals surface area contributed by atoms with E-state index in [0.29, 0.717) is 0 Å². The molecule has 4 rings (SSSR count). The Morgan fingerprint density at radius 1 is 1.18 bits per heavy atom. The maximum atomic E-state index is 11.7. The zero-order chi connectivity index (χ0) is 19.6. The van der Waals surface area contributed by atoms with Crippen molar-refractivity contribution in [3.05, 3.63) is 35.9 Å². The number of piperidine rings is 1. The molecule has 4 nitrogen and oxygen atoms in total. The van der Waals surface area contributed by atoms with Crippen molar-refractivity contribution in [2.45, 2.75) is 57.3 Å². The van der Waals surface area contributed by atoms with Crippen LogP contribution in [-0.2, 0) is 9.53 Å². The van der Waals surface area contributed by atoms with E-state index in [1.54, 1.807) is 0 Å². The molecular weight excluding hydrogens is 350 g/mol. The average molecular weight is 386 g/mol. The number of carboxylic acid groups (broad SMARTS) is 1. The number of hydrogen-bond acceptors (Lipinski definition) is 3. The first-order chi connectivity index (χ1) is 13.6. The third-order valence-corrected chi connectivity index (χ3v) is 7.85. The van der Waals surface area contributed by atoms with Crippen LogP contribution >= 0.6 is 0 Å². The molecule has 1 unspecified atom stereocenters. The van der Waals surface area contributed by atoms with Gasteiger partial charge in [0.2, 0.25) is 0 Å². The van der Waals surface area contributed by atoms with E-state index >= 15 is 0 Å². The predicted octanol–water partition coefficient (Wildman–Crippen LogP) is 4.55. The van der Waals surface area contributed by atoms with Gasteiger partial charge in [-0.2, -0.15) is 0 Å². The molecule has 0 aromatic heterocycles. The van der Waals surface area contributed by atoms with Gasteiger partial charge in [0.1, 0.15) is 0 Å².